The monoisotopic (exact) mass is 301 g/mol. The number of rotatable bonds is 4. The standard InChI is InChI=1S/C16H22F3NO/c1-2-21-15(9-4-3-5-10-15)14(20)12-7-6-8-13(11-12)16(17,18)19/h6-8,11,14H,2-5,9-10,20H2,1H3. The molecule has 1 aliphatic carbocycles. The van der Waals surface area contributed by atoms with E-state index in [1.54, 1.807) is 6.07 Å². The van der Waals surface area contributed by atoms with Crippen LogP contribution >= 0.6 is 0 Å². The first kappa shape index (κ1) is 16.3. The van der Waals surface area contributed by atoms with Crippen LogP contribution in [0.1, 0.15) is 56.2 Å². The fraction of sp³-hybridized carbons (Fsp3) is 0.625. The minimum Gasteiger partial charge on any atom is -0.373 e. The highest BCUT2D eigenvalue weighted by Crippen LogP contribution is 2.41. The van der Waals surface area contributed by atoms with Gasteiger partial charge in [-0.15, -0.1) is 0 Å². The van der Waals surface area contributed by atoms with Crippen LogP contribution in [0.25, 0.3) is 0 Å². The van der Waals surface area contributed by atoms with Crippen LogP contribution in [-0.4, -0.2) is 12.2 Å². The molecule has 0 saturated heterocycles. The van der Waals surface area contributed by atoms with Crippen molar-refractivity contribution in [2.75, 3.05) is 6.61 Å². The van der Waals surface area contributed by atoms with Crippen molar-refractivity contribution in [3.63, 3.8) is 0 Å². The summed E-state index contributed by atoms with van der Waals surface area (Å²) in [6, 6.07) is 4.78. The zero-order valence-corrected chi connectivity index (χ0v) is 12.2. The SMILES string of the molecule is CCOC1(C(N)c2cccc(C(F)(F)F)c2)CCCCC1. The number of hydrogen-bond donors (Lipinski definition) is 1. The molecule has 0 aliphatic heterocycles. The van der Waals surface area contributed by atoms with Crippen LogP contribution in [0.5, 0.6) is 0 Å². The molecule has 1 atom stereocenters. The van der Waals surface area contributed by atoms with Gasteiger partial charge in [0, 0.05) is 6.61 Å². The summed E-state index contributed by atoms with van der Waals surface area (Å²) in [5.74, 6) is 0. The van der Waals surface area contributed by atoms with Crippen LogP contribution in [-0.2, 0) is 10.9 Å². The van der Waals surface area contributed by atoms with Crippen LogP contribution in [0, 0.1) is 0 Å². The maximum absolute atomic E-state index is 12.8. The zero-order valence-electron chi connectivity index (χ0n) is 12.2. The fourth-order valence-corrected chi connectivity index (χ4v) is 3.20. The predicted molar refractivity (Wildman–Crippen MR) is 75.8 cm³/mol. The lowest BCUT2D eigenvalue weighted by atomic mass is 9.77. The minimum absolute atomic E-state index is 0.500. The Bertz CT molecular complexity index is 461. The van der Waals surface area contributed by atoms with E-state index in [1.807, 2.05) is 6.92 Å². The topological polar surface area (TPSA) is 35.2 Å². The van der Waals surface area contributed by atoms with E-state index in [1.165, 1.54) is 6.07 Å². The minimum atomic E-state index is -4.35. The Hall–Kier alpha value is -1.07. The lowest BCUT2D eigenvalue weighted by Gasteiger charge is -2.42. The van der Waals surface area contributed by atoms with Gasteiger partial charge < -0.3 is 10.5 Å². The fourth-order valence-electron chi connectivity index (χ4n) is 3.20. The number of alkyl halides is 3. The van der Waals surface area contributed by atoms with Crippen LogP contribution in [0.4, 0.5) is 13.2 Å². The Morgan fingerprint density at radius 2 is 1.90 bits per heavy atom. The molecule has 1 saturated carbocycles. The second kappa shape index (κ2) is 6.36. The van der Waals surface area contributed by atoms with E-state index in [0.29, 0.717) is 12.2 Å². The highest BCUT2D eigenvalue weighted by Gasteiger charge is 2.40. The van der Waals surface area contributed by atoms with E-state index in [4.69, 9.17) is 10.5 Å². The molecule has 21 heavy (non-hydrogen) atoms. The van der Waals surface area contributed by atoms with Crippen LogP contribution < -0.4 is 5.73 Å². The van der Waals surface area contributed by atoms with Crippen molar-refractivity contribution in [3.05, 3.63) is 35.4 Å². The third-order valence-electron chi connectivity index (χ3n) is 4.27. The normalized spacial score (nSPS) is 20.2. The van der Waals surface area contributed by atoms with Crippen LogP contribution in [0.2, 0.25) is 0 Å². The van der Waals surface area contributed by atoms with Gasteiger partial charge in [0.05, 0.1) is 17.2 Å². The Morgan fingerprint density at radius 1 is 1.24 bits per heavy atom. The molecule has 2 nitrogen and oxygen atoms in total. The van der Waals surface area contributed by atoms with Crippen molar-refractivity contribution in [3.8, 4) is 0 Å². The maximum Gasteiger partial charge on any atom is 0.416 e. The Balaban J connectivity index is 2.30. The Labute approximate surface area is 123 Å². The lowest BCUT2D eigenvalue weighted by Crippen LogP contribution is -2.45. The molecule has 0 spiro atoms. The molecular weight excluding hydrogens is 279 g/mol. The van der Waals surface area contributed by atoms with E-state index in [0.717, 1.165) is 44.2 Å². The molecule has 5 heteroatoms. The third-order valence-corrected chi connectivity index (χ3v) is 4.27. The summed E-state index contributed by atoms with van der Waals surface area (Å²) in [7, 11) is 0. The van der Waals surface area contributed by atoms with Gasteiger partial charge in [-0.1, -0.05) is 31.4 Å². The summed E-state index contributed by atoms with van der Waals surface area (Å²) in [5.41, 5.74) is 5.63. The molecule has 118 valence electrons. The molecule has 1 unspecified atom stereocenters. The van der Waals surface area contributed by atoms with Crippen molar-refractivity contribution < 1.29 is 17.9 Å². The number of benzene rings is 1. The van der Waals surface area contributed by atoms with Gasteiger partial charge in [0.2, 0.25) is 0 Å². The summed E-state index contributed by atoms with van der Waals surface area (Å²) in [5, 5.41) is 0. The summed E-state index contributed by atoms with van der Waals surface area (Å²) >= 11 is 0. The van der Waals surface area contributed by atoms with Crippen molar-refractivity contribution in [1.82, 2.24) is 0 Å². The smallest absolute Gasteiger partial charge is 0.373 e. The van der Waals surface area contributed by atoms with Gasteiger partial charge in [-0.3, -0.25) is 0 Å². The Kier molecular flexibility index (Phi) is 4.94. The second-order valence-electron chi connectivity index (χ2n) is 5.66. The lowest BCUT2D eigenvalue weighted by molar-refractivity contribution is -0.137. The van der Waals surface area contributed by atoms with Crippen LogP contribution in [0.3, 0.4) is 0 Å². The van der Waals surface area contributed by atoms with E-state index >= 15 is 0 Å². The summed E-state index contributed by atoms with van der Waals surface area (Å²) in [4.78, 5) is 0. The summed E-state index contributed by atoms with van der Waals surface area (Å²) in [6.45, 7) is 2.42. The first-order chi connectivity index (χ1) is 9.89. The molecule has 1 aromatic rings. The van der Waals surface area contributed by atoms with E-state index in [9.17, 15) is 13.2 Å². The third kappa shape index (κ3) is 3.58. The maximum atomic E-state index is 12.8. The van der Waals surface area contributed by atoms with Crippen molar-refractivity contribution >= 4 is 0 Å². The molecular formula is C16H22F3NO. The van der Waals surface area contributed by atoms with Gasteiger partial charge in [-0.05, 0) is 37.5 Å². The van der Waals surface area contributed by atoms with Crippen molar-refractivity contribution in [2.24, 2.45) is 5.73 Å². The molecule has 0 amide bonds. The Morgan fingerprint density at radius 3 is 2.48 bits per heavy atom. The van der Waals surface area contributed by atoms with Gasteiger partial charge in [0.25, 0.3) is 0 Å². The zero-order chi connectivity index (χ0) is 15.5. The van der Waals surface area contributed by atoms with Crippen LogP contribution in [0.15, 0.2) is 24.3 Å². The molecule has 1 aliphatic rings. The molecule has 2 rings (SSSR count). The average Bonchev–Trinajstić information content (AvgIpc) is 2.47. The van der Waals surface area contributed by atoms with Gasteiger partial charge in [0.1, 0.15) is 0 Å². The second-order valence-corrected chi connectivity index (χ2v) is 5.66. The van der Waals surface area contributed by atoms with Gasteiger partial charge in [0.15, 0.2) is 0 Å². The van der Waals surface area contributed by atoms with Gasteiger partial charge in [-0.25, -0.2) is 0 Å². The van der Waals surface area contributed by atoms with Gasteiger partial charge in [-0.2, -0.15) is 13.2 Å². The molecule has 0 aromatic heterocycles. The van der Waals surface area contributed by atoms with E-state index in [-0.39, 0.29) is 0 Å². The molecule has 1 aromatic carbocycles. The largest absolute Gasteiger partial charge is 0.416 e. The first-order valence-corrected chi connectivity index (χ1v) is 7.46. The van der Waals surface area contributed by atoms with Gasteiger partial charge >= 0.3 is 6.18 Å². The number of nitrogens with two attached hydrogens (primary N) is 1. The van der Waals surface area contributed by atoms with Crippen molar-refractivity contribution in [1.29, 1.82) is 0 Å². The first-order valence-electron chi connectivity index (χ1n) is 7.46. The summed E-state index contributed by atoms with van der Waals surface area (Å²) < 4.78 is 44.4. The predicted octanol–water partition coefficient (Wildman–Crippen LogP) is 4.44. The van der Waals surface area contributed by atoms with E-state index < -0.39 is 23.4 Å². The number of hydrogen-bond acceptors (Lipinski definition) is 2. The molecule has 2 N–H and O–H groups in total. The molecule has 0 heterocycles. The van der Waals surface area contributed by atoms with E-state index in [2.05, 4.69) is 0 Å². The number of halogens is 3. The highest BCUT2D eigenvalue weighted by molar-refractivity contribution is 5.29. The molecule has 1 fully saturated rings. The number of ether oxygens (including phenoxy) is 1. The molecule has 0 radical (unpaired) electrons. The molecule has 0 bridgehead atoms. The van der Waals surface area contributed by atoms with Crippen molar-refractivity contribution in [2.45, 2.75) is 56.8 Å². The highest BCUT2D eigenvalue weighted by atomic mass is 19.4. The quantitative estimate of drug-likeness (QED) is 0.892. The average molecular weight is 301 g/mol. The summed E-state index contributed by atoms with van der Waals surface area (Å²) in [6.07, 6.45) is 0.404.